The van der Waals surface area contributed by atoms with Crippen molar-refractivity contribution in [2.45, 2.75) is 33.2 Å². The van der Waals surface area contributed by atoms with Gasteiger partial charge in [-0.25, -0.2) is 4.79 Å². The molecule has 0 aromatic heterocycles. The number of anilines is 1. The lowest BCUT2D eigenvalue weighted by atomic mass is 10.1. The zero-order valence-corrected chi connectivity index (χ0v) is 10.3. The van der Waals surface area contributed by atoms with E-state index >= 15 is 0 Å². The summed E-state index contributed by atoms with van der Waals surface area (Å²) in [6, 6.07) is 6.47. The molecular weight excluding hydrogens is 218 g/mol. The number of carbonyl (C=O) groups excluding carboxylic acids is 1. The fourth-order valence-corrected chi connectivity index (χ4v) is 1.86. The molecule has 1 aromatic rings. The first-order chi connectivity index (χ1) is 7.99. The molecule has 1 N–H and O–H groups in total. The monoisotopic (exact) mass is 235 g/mol. The van der Waals surface area contributed by atoms with Crippen LogP contribution in [0.15, 0.2) is 24.3 Å². The summed E-state index contributed by atoms with van der Waals surface area (Å²) in [7, 11) is 0. The highest BCUT2D eigenvalue weighted by Crippen LogP contribution is 2.23. The number of rotatable bonds is 4. The van der Waals surface area contributed by atoms with E-state index in [4.69, 9.17) is 5.11 Å². The summed E-state index contributed by atoms with van der Waals surface area (Å²) in [6.07, 6.45) is 0.378. The Bertz CT molecular complexity index is 428. The van der Waals surface area contributed by atoms with Crippen molar-refractivity contribution >= 4 is 17.6 Å². The Labute approximate surface area is 101 Å². The fraction of sp³-hybridized carbons (Fsp3) is 0.385. The van der Waals surface area contributed by atoms with Gasteiger partial charge in [0.15, 0.2) is 0 Å². The second kappa shape index (κ2) is 5.48. The molecule has 1 rings (SSSR count). The first-order valence-electron chi connectivity index (χ1n) is 5.57. The molecule has 1 aromatic carbocycles. The van der Waals surface area contributed by atoms with Gasteiger partial charge in [-0.1, -0.05) is 25.1 Å². The summed E-state index contributed by atoms with van der Waals surface area (Å²) in [5.74, 6) is -1.24. The molecule has 1 atom stereocenters. The molecule has 17 heavy (non-hydrogen) atoms. The molecule has 0 saturated carbocycles. The predicted molar refractivity (Wildman–Crippen MR) is 66.1 cm³/mol. The molecule has 0 aliphatic heterocycles. The molecule has 0 fully saturated rings. The second-order valence-electron chi connectivity index (χ2n) is 3.94. The lowest BCUT2D eigenvalue weighted by Gasteiger charge is -2.28. The summed E-state index contributed by atoms with van der Waals surface area (Å²) in [5, 5.41) is 9.15. The maximum absolute atomic E-state index is 11.7. The van der Waals surface area contributed by atoms with Gasteiger partial charge < -0.3 is 5.11 Å². The Kier molecular flexibility index (Phi) is 4.26. The standard InChI is InChI=1S/C13H17NO3/c1-4-11(13(16)17)14(10(3)15)12-8-6-5-7-9(12)2/h5-8,11H,4H2,1-3H3,(H,16,17). The van der Waals surface area contributed by atoms with E-state index in [9.17, 15) is 9.59 Å². The van der Waals surface area contributed by atoms with Crippen molar-refractivity contribution in [2.24, 2.45) is 0 Å². The van der Waals surface area contributed by atoms with Crippen molar-refractivity contribution in [2.75, 3.05) is 4.90 Å². The summed E-state index contributed by atoms with van der Waals surface area (Å²) in [4.78, 5) is 24.2. The molecule has 0 heterocycles. The Hall–Kier alpha value is -1.84. The van der Waals surface area contributed by atoms with Gasteiger partial charge in [0.1, 0.15) is 6.04 Å². The van der Waals surface area contributed by atoms with Gasteiger partial charge in [0.05, 0.1) is 0 Å². The van der Waals surface area contributed by atoms with Gasteiger partial charge in [-0.3, -0.25) is 9.69 Å². The van der Waals surface area contributed by atoms with Gasteiger partial charge in [-0.05, 0) is 25.0 Å². The van der Waals surface area contributed by atoms with E-state index in [0.717, 1.165) is 5.56 Å². The number of aliphatic carboxylic acids is 1. The normalized spacial score (nSPS) is 11.9. The Morgan fingerprint density at radius 3 is 2.35 bits per heavy atom. The molecular formula is C13H17NO3. The summed E-state index contributed by atoms with van der Waals surface area (Å²) in [5.41, 5.74) is 1.55. The number of para-hydroxylation sites is 1. The molecule has 0 saturated heterocycles. The van der Waals surface area contributed by atoms with E-state index in [0.29, 0.717) is 12.1 Å². The number of carboxylic acids is 1. The van der Waals surface area contributed by atoms with Crippen LogP contribution in [-0.2, 0) is 9.59 Å². The number of hydrogen-bond acceptors (Lipinski definition) is 2. The minimum atomic E-state index is -0.981. The molecule has 0 aliphatic rings. The number of hydrogen-bond donors (Lipinski definition) is 1. The van der Waals surface area contributed by atoms with Gasteiger partial charge in [0.25, 0.3) is 0 Å². The van der Waals surface area contributed by atoms with Crippen LogP contribution in [0.3, 0.4) is 0 Å². The lowest BCUT2D eigenvalue weighted by molar-refractivity contribution is -0.140. The average Bonchev–Trinajstić information content (AvgIpc) is 2.26. The van der Waals surface area contributed by atoms with Crippen LogP contribution >= 0.6 is 0 Å². The summed E-state index contributed by atoms with van der Waals surface area (Å²) in [6.45, 7) is 5.00. The minimum Gasteiger partial charge on any atom is -0.480 e. The molecule has 0 aliphatic carbocycles. The zero-order valence-electron chi connectivity index (χ0n) is 10.3. The Morgan fingerprint density at radius 1 is 1.35 bits per heavy atom. The van der Waals surface area contributed by atoms with Crippen LogP contribution in [0.1, 0.15) is 25.8 Å². The van der Waals surface area contributed by atoms with Crippen molar-refractivity contribution in [3.8, 4) is 0 Å². The van der Waals surface area contributed by atoms with Crippen LogP contribution in [0.5, 0.6) is 0 Å². The molecule has 4 heteroatoms. The fourth-order valence-electron chi connectivity index (χ4n) is 1.86. The van der Waals surface area contributed by atoms with Crippen molar-refractivity contribution in [1.82, 2.24) is 0 Å². The lowest BCUT2D eigenvalue weighted by Crippen LogP contribution is -2.44. The van der Waals surface area contributed by atoms with Gasteiger partial charge in [0.2, 0.25) is 5.91 Å². The van der Waals surface area contributed by atoms with Gasteiger partial charge in [-0.2, -0.15) is 0 Å². The van der Waals surface area contributed by atoms with Gasteiger partial charge in [0, 0.05) is 12.6 Å². The van der Waals surface area contributed by atoms with Crippen LogP contribution < -0.4 is 4.90 Å². The summed E-state index contributed by atoms with van der Waals surface area (Å²) < 4.78 is 0. The second-order valence-corrected chi connectivity index (χ2v) is 3.94. The van der Waals surface area contributed by atoms with Gasteiger partial charge >= 0.3 is 5.97 Å². The highest BCUT2D eigenvalue weighted by atomic mass is 16.4. The first-order valence-corrected chi connectivity index (χ1v) is 5.57. The Morgan fingerprint density at radius 2 is 1.94 bits per heavy atom. The number of nitrogens with zero attached hydrogens (tertiary/aromatic N) is 1. The van der Waals surface area contributed by atoms with Crippen LogP contribution in [0.4, 0.5) is 5.69 Å². The third-order valence-corrected chi connectivity index (χ3v) is 2.70. The smallest absolute Gasteiger partial charge is 0.326 e. The SMILES string of the molecule is CCC(C(=O)O)N(C(C)=O)c1ccccc1C. The number of amides is 1. The number of carboxylic acid groups (broad SMARTS) is 1. The number of benzene rings is 1. The van der Waals surface area contributed by atoms with E-state index in [1.54, 1.807) is 19.1 Å². The number of carbonyl (C=O) groups is 2. The molecule has 0 bridgehead atoms. The van der Waals surface area contributed by atoms with E-state index in [2.05, 4.69) is 0 Å². The third kappa shape index (κ3) is 2.84. The number of aryl methyl sites for hydroxylation is 1. The maximum Gasteiger partial charge on any atom is 0.326 e. The van der Waals surface area contributed by atoms with Crippen LogP contribution in [0, 0.1) is 6.92 Å². The predicted octanol–water partition coefficient (Wildman–Crippen LogP) is 2.21. The maximum atomic E-state index is 11.7. The highest BCUT2D eigenvalue weighted by molar-refractivity contribution is 5.98. The van der Waals surface area contributed by atoms with Crippen molar-refractivity contribution < 1.29 is 14.7 Å². The van der Waals surface area contributed by atoms with Crippen molar-refractivity contribution in [1.29, 1.82) is 0 Å². The average molecular weight is 235 g/mol. The summed E-state index contributed by atoms with van der Waals surface area (Å²) >= 11 is 0. The molecule has 0 spiro atoms. The van der Waals surface area contributed by atoms with E-state index in [1.165, 1.54) is 11.8 Å². The van der Waals surface area contributed by atoms with Crippen LogP contribution in [0.2, 0.25) is 0 Å². The minimum absolute atomic E-state index is 0.256. The van der Waals surface area contributed by atoms with Crippen LogP contribution in [-0.4, -0.2) is 23.0 Å². The molecule has 0 radical (unpaired) electrons. The zero-order chi connectivity index (χ0) is 13.0. The van der Waals surface area contributed by atoms with Crippen molar-refractivity contribution in [3.63, 3.8) is 0 Å². The first kappa shape index (κ1) is 13.2. The topological polar surface area (TPSA) is 57.6 Å². The molecule has 4 nitrogen and oxygen atoms in total. The van der Waals surface area contributed by atoms with E-state index < -0.39 is 12.0 Å². The van der Waals surface area contributed by atoms with Crippen LogP contribution in [0.25, 0.3) is 0 Å². The Balaban J connectivity index is 3.22. The molecule has 1 amide bonds. The molecule has 1 unspecified atom stereocenters. The highest BCUT2D eigenvalue weighted by Gasteiger charge is 2.28. The quantitative estimate of drug-likeness (QED) is 0.870. The van der Waals surface area contributed by atoms with E-state index in [1.807, 2.05) is 19.1 Å². The molecule has 92 valence electrons. The third-order valence-electron chi connectivity index (χ3n) is 2.70. The van der Waals surface area contributed by atoms with Gasteiger partial charge in [-0.15, -0.1) is 0 Å². The largest absolute Gasteiger partial charge is 0.480 e. The van der Waals surface area contributed by atoms with Crippen molar-refractivity contribution in [3.05, 3.63) is 29.8 Å². The van der Waals surface area contributed by atoms with E-state index in [-0.39, 0.29) is 5.91 Å².